The summed E-state index contributed by atoms with van der Waals surface area (Å²) in [6.45, 7) is 0.544. The van der Waals surface area contributed by atoms with Crippen LogP contribution >= 0.6 is 0 Å². The number of alkyl halides is 3. The Morgan fingerprint density at radius 1 is 1.15 bits per heavy atom. The quantitative estimate of drug-likeness (QED) is 0.195. The molecule has 3 heterocycles. The highest BCUT2D eigenvalue weighted by Crippen LogP contribution is 2.59. The number of halogens is 4. The second kappa shape index (κ2) is 10.4. The largest absolute Gasteiger partial charge is 0.401 e. The first-order valence-electron chi connectivity index (χ1n) is 13.3. The minimum absolute atomic E-state index is 0.0456. The van der Waals surface area contributed by atoms with Crippen LogP contribution in [0.1, 0.15) is 60.0 Å². The molecular formula is C28H27F4N6O3+. The summed E-state index contributed by atoms with van der Waals surface area (Å²) in [5.41, 5.74) is 1.45. The van der Waals surface area contributed by atoms with E-state index >= 15 is 0 Å². The van der Waals surface area contributed by atoms with Crippen LogP contribution in [0.5, 0.6) is 0 Å². The standard InChI is InChI=1S/C28H26F4N6O3/c29-21-9-17(20-13-33-23(34-14-20)10-19-15-35-38(7-8-39)26(19)16-1-2-16)3-4-18(21)11-25(40)36-24-12-22(41-37-24)27(5-6-27)28(30,31)32/h3-4,9,12-16,39H,1-2,5-8,10-11H2,(H,36,37,40)/p+1. The van der Waals surface area contributed by atoms with Crippen molar-refractivity contribution in [1.29, 1.82) is 0 Å². The second-order valence-electron chi connectivity index (χ2n) is 10.6. The maximum atomic E-state index is 14.9. The summed E-state index contributed by atoms with van der Waals surface area (Å²) < 4.78 is 61.5. The molecule has 1 amide bonds. The summed E-state index contributed by atoms with van der Waals surface area (Å²) in [4.78, 5) is 21.4. The second-order valence-corrected chi connectivity index (χ2v) is 10.6. The zero-order chi connectivity index (χ0) is 28.8. The lowest BCUT2D eigenvalue weighted by molar-refractivity contribution is -0.757. The van der Waals surface area contributed by atoms with Gasteiger partial charge in [-0.1, -0.05) is 17.3 Å². The van der Waals surface area contributed by atoms with Crippen molar-refractivity contribution >= 4 is 11.7 Å². The Kier molecular flexibility index (Phi) is 6.84. The topological polar surface area (TPSA) is 121 Å². The average Bonchev–Trinajstić information content (AvgIpc) is 3.86. The number of benzene rings is 1. The Bertz CT molecular complexity index is 1570. The van der Waals surface area contributed by atoms with E-state index < -0.39 is 23.3 Å². The highest BCUT2D eigenvalue weighted by Gasteiger charge is 2.66. The molecule has 13 heteroatoms. The smallest absolute Gasteiger partial charge is 0.390 e. The summed E-state index contributed by atoms with van der Waals surface area (Å²) >= 11 is 0. The van der Waals surface area contributed by atoms with E-state index in [-0.39, 0.29) is 43.0 Å². The summed E-state index contributed by atoms with van der Waals surface area (Å²) in [6, 6.07) is 5.46. The molecule has 3 N–H and O–H groups in total. The van der Waals surface area contributed by atoms with Gasteiger partial charge in [0, 0.05) is 36.4 Å². The maximum Gasteiger partial charge on any atom is 0.401 e. The van der Waals surface area contributed by atoms with Gasteiger partial charge < -0.3 is 14.9 Å². The van der Waals surface area contributed by atoms with Crippen LogP contribution in [-0.2, 0) is 29.6 Å². The molecule has 1 aromatic carbocycles. The summed E-state index contributed by atoms with van der Waals surface area (Å²) in [6.07, 6.45) is 2.90. The predicted molar refractivity (Wildman–Crippen MR) is 136 cm³/mol. The number of amides is 1. The van der Waals surface area contributed by atoms with Gasteiger partial charge in [0.25, 0.3) is 0 Å². The molecule has 0 bridgehead atoms. The monoisotopic (exact) mass is 571 g/mol. The number of aromatic nitrogens is 5. The molecule has 0 aliphatic heterocycles. The molecule has 4 aromatic rings. The molecule has 3 aromatic heterocycles. The number of aliphatic hydroxyl groups excluding tert-OH is 1. The van der Waals surface area contributed by atoms with Crippen LogP contribution in [0.2, 0.25) is 0 Å². The number of hydrogen-bond acceptors (Lipinski definition) is 6. The number of hydrogen-bond donors (Lipinski definition) is 3. The molecule has 0 spiro atoms. The van der Waals surface area contributed by atoms with Gasteiger partial charge in [0.2, 0.25) is 11.6 Å². The van der Waals surface area contributed by atoms with Crippen LogP contribution in [0.25, 0.3) is 11.1 Å². The molecule has 6 rings (SSSR count). The lowest BCUT2D eigenvalue weighted by Crippen LogP contribution is -2.41. The van der Waals surface area contributed by atoms with Crippen molar-refractivity contribution in [2.24, 2.45) is 0 Å². The van der Waals surface area contributed by atoms with E-state index in [1.54, 1.807) is 18.5 Å². The van der Waals surface area contributed by atoms with E-state index in [0.29, 0.717) is 35.8 Å². The number of anilines is 1. The third-order valence-electron chi connectivity index (χ3n) is 7.64. The van der Waals surface area contributed by atoms with E-state index in [9.17, 15) is 27.5 Å². The first-order valence-corrected chi connectivity index (χ1v) is 13.3. The van der Waals surface area contributed by atoms with Crippen molar-refractivity contribution in [2.75, 3.05) is 11.9 Å². The van der Waals surface area contributed by atoms with Crippen molar-refractivity contribution in [3.63, 3.8) is 0 Å². The van der Waals surface area contributed by atoms with Crippen molar-refractivity contribution < 1.29 is 36.7 Å². The third-order valence-corrected chi connectivity index (χ3v) is 7.64. The SMILES string of the molecule is O=C(Cc1ccc(-c2cnc(Cc3c[nH][n+](CCO)c3C3CC3)nc2)cc1F)Nc1cc(C2(C(F)(F)F)CC2)on1. The number of nitrogens with one attached hydrogen (secondary N) is 2. The first kappa shape index (κ1) is 27.1. The fourth-order valence-corrected chi connectivity index (χ4v) is 5.09. The Morgan fingerprint density at radius 3 is 2.54 bits per heavy atom. The summed E-state index contributed by atoms with van der Waals surface area (Å²) in [5.74, 6) is -0.669. The van der Waals surface area contributed by atoms with Crippen molar-refractivity contribution in [3.05, 3.63) is 77.1 Å². The zero-order valence-corrected chi connectivity index (χ0v) is 21.8. The van der Waals surface area contributed by atoms with Gasteiger partial charge in [0.15, 0.2) is 18.1 Å². The third kappa shape index (κ3) is 5.45. The Hall–Kier alpha value is -4.13. The molecule has 41 heavy (non-hydrogen) atoms. The van der Waals surface area contributed by atoms with Crippen molar-refractivity contribution in [1.82, 2.24) is 20.2 Å². The van der Waals surface area contributed by atoms with Gasteiger partial charge in [-0.15, -0.1) is 4.68 Å². The van der Waals surface area contributed by atoms with Gasteiger partial charge in [0.1, 0.15) is 23.7 Å². The van der Waals surface area contributed by atoms with Crippen LogP contribution < -0.4 is 10.00 Å². The van der Waals surface area contributed by atoms with E-state index in [2.05, 4.69) is 25.5 Å². The lowest BCUT2D eigenvalue weighted by atomic mass is 10.0. The van der Waals surface area contributed by atoms with Gasteiger partial charge >= 0.3 is 6.18 Å². The van der Waals surface area contributed by atoms with Crippen LogP contribution in [0.3, 0.4) is 0 Å². The molecule has 2 aliphatic carbocycles. The molecule has 2 fully saturated rings. The highest BCUT2D eigenvalue weighted by molar-refractivity contribution is 5.91. The molecular weight excluding hydrogens is 544 g/mol. The summed E-state index contributed by atoms with van der Waals surface area (Å²) in [5, 5.41) is 18.4. The number of carbonyl (C=O) groups excluding carboxylic acids is 1. The van der Waals surface area contributed by atoms with Gasteiger partial charge in [0.05, 0.1) is 18.2 Å². The number of aliphatic hydroxyl groups is 1. The Labute approximate surface area is 231 Å². The van der Waals surface area contributed by atoms with Gasteiger partial charge in [-0.3, -0.25) is 4.79 Å². The number of carbonyl (C=O) groups is 1. The molecule has 0 saturated heterocycles. The molecule has 9 nitrogen and oxygen atoms in total. The van der Waals surface area contributed by atoms with Crippen LogP contribution in [-0.4, -0.2) is 44.0 Å². The van der Waals surface area contributed by atoms with Crippen LogP contribution in [0.4, 0.5) is 23.4 Å². The maximum absolute atomic E-state index is 14.9. The number of H-pyrrole nitrogens is 1. The molecule has 0 atom stereocenters. The zero-order valence-electron chi connectivity index (χ0n) is 21.8. The van der Waals surface area contributed by atoms with Crippen LogP contribution in [0, 0.1) is 5.82 Å². The minimum Gasteiger partial charge on any atom is -0.390 e. The fourth-order valence-electron chi connectivity index (χ4n) is 5.09. The minimum atomic E-state index is -4.46. The molecule has 214 valence electrons. The average molecular weight is 572 g/mol. The summed E-state index contributed by atoms with van der Waals surface area (Å²) in [7, 11) is 0. The molecule has 2 saturated carbocycles. The first-order chi connectivity index (χ1) is 19.7. The molecule has 0 radical (unpaired) electrons. The van der Waals surface area contributed by atoms with E-state index in [1.807, 2.05) is 10.9 Å². The lowest BCUT2D eigenvalue weighted by Gasteiger charge is -2.14. The van der Waals surface area contributed by atoms with Crippen molar-refractivity contribution in [2.45, 2.75) is 62.6 Å². The van der Waals surface area contributed by atoms with Gasteiger partial charge in [-0.25, -0.2) is 14.4 Å². The van der Waals surface area contributed by atoms with Crippen LogP contribution in [0.15, 0.2) is 47.4 Å². The normalized spacial score (nSPS) is 16.1. The highest BCUT2D eigenvalue weighted by atomic mass is 19.4. The van der Waals surface area contributed by atoms with Crippen molar-refractivity contribution in [3.8, 4) is 11.1 Å². The fraction of sp³-hybridized carbons (Fsp3) is 0.393. The van der Waals surface area contributed by atoms with E-state index in [4.69, 9.17) is 4.52 Å². The Balaban J connectivity index is 1.09. The number of rotatable bonds is 10. The Morgan fingerprint density at radius 2 is 1.90 bits per heavy atom. The molecule has 2 aliphatic rings. The number of nitrogens with zero attached hydrogens (tertiary/aromatic N) is 4. The van der Waals surface area contributed by atoms with E-state index in [0.717, 1.165) is 24.5 Å². The van der Waals surface area contributed by atoms with Gasteiger partial charge in [-0.05, 0) is 42.9 Å². The van der Waals surface area contributed by atoms with E-state index in [1.165, 1.54) is 17.8 Å². The number of aromatic amines is 1. The molecule has 0 unspecified atom stereocenters. The predicted octanol–water partition coefficient (Wildman–Crippen LogP) is 4.12. The van der Waals surface area contributed by atoms with Gasteiger partial charge in [-0.2, -0.15) is 18.3 Å².